The summed E-state index contributed by atoms with van der Waals surface area (Å²) in [5.41, 5.74) is 2.40. The van der Waals surface area contributed by atoms with E-state index < -0.39 is 12.0 Å². The van der Waals surface area contributed by atoms with E-state index in [0.717, 1.165) is 11.1 Å². The number of carboxylic acid groups (broad SMARTS) is 1. The largest absolute Gasteiger partial charge is 0.493 e. The minimum absolute atomic E-state index is 0.235. The first kappa shape index (κ1) is 19.6. The number of nitrogens with zero attached hydrogens (tertiary/aromatic N) is 1. The Hall–Kier alpha value is -3.11. The lowest BCUT2D eigenvalue weighted by Crippen LogP contribution is -2.23. The number of carboxylic acids is 1. The van der Waals surface area contributed by atoms with Crippen molar-refractivity contribution in [3.8, 4) is 5.75 Å². The Morgan fingerprint density at radius 1 is 0.893 bits per heavy atom. The molecule has 1 N–H and O–H groups in total. The molecule has 5 heteroatoms. The summed E-state index contributed by atoms with van der Waals surface area (Å²) >= 11 is 5.86. The van der Waals surface area contributed by atoms with Gasteiger partial charge >= 0.3 is 5.97 Å². The van der Waals surface area contributed by atoms with Crippen LogP contribution in [0.3, 0.4) is 0 Å². The third-order valence-electron chi connectivity index (χ3n) is 4.14. The van der Waals surface area contributed by atoms with Crippen LogP contribution in [-0.2, 0) is 4.79 Å². The van der Waals surface area contributed by atoms with Gasteiger partial charge in [0.2, 0.25) is 0 Å². The van der Waals surface area contributed by atoms with Crippen LogP contribution in [0.4, 0.5) is 0 Å². The van der Waals surface area contributed by atoms with E-state index in [1.165, 1.54) is 0 Å². The number of hydrogen-bond acceptors (Lipinski definition) is 3. The highest BCUT2D eigenvalue weighted by molar-refractivity contribution is 6.30. The number of rotatable bonds is 8. The third-order valence-corrected chi connectivity index (χ3v) is 4.39. The minimum Gasteiger partial charge on any atom is -0.493 e. The van der Waals surface area contributed by atoms with Crippen LogP contribution in [0, 0.1) is 0 Å². The van der Waals surface area contributed by atoms with Crippen LogP contribution >= 0.6 is 11.6 Å². The molecular weight excluding hydrogens is 374 g/mol. The standard InChI is InChI=1S/C23H20ClNO3/c24-19-11-13-20(14-12-19)28-16-15-21(23(26)27)25-22(17-7-3-1-4-8-17)18-9-5-2-6-10-18/h1-14,21H,15-16H2,(H,26,27). The van der Waals surface area contributed by atoms with Crippen LogP contribution < -0.4 is 4.74 Å². The molecule has 3 rings (SSSR count). The molecule has 0 aromatic heterocycles. The molecule has 4 nitrogen and oxygen atoms in total. The maximum Gasteiger partial charge on any atom is 0.328 e. The Labute approximate surface area is 169 Å². The fraction of sp³-hybridized carbons (Fsp3) is 0.130. The number of benzene rings is 3. The van der Waals surface area contributed by atoms with E-state index in [9.17, 15) is 9.90 Å². The Bertz CT molecular complexity index is 884. The smallest absolute Gasteiger partial charge is 0.328 e. The summed E-state index contributed by atoms with van der Waals surface area (Å²) in [6, 6.07) is 25.2. The fourth-order valence-electron chi connectivity index (χ4n) is 2.73. The summed E-state index contributed by atoms with van der Waals surface area (Å²) in [6.45, 7) is 0.235. The zero-order chi connectivity index (χ0) is 19.8. The van der Waals surface area contributed by atoms with Gasteiger partial charge in [-0.25, -0.2) is 4.79 Å². The second-order valence-electron chi connectivity index (χ2n) is 6.15. The number of halogens is 1. The molecule has 0 spiro atoms. The summed E-state index contributed by atoms with van der Waals surface area (Å²) in [4.78, 5) is 16.4. The number of carbonyl (C=O) groups is 1. The van der Waals surface area contributed by atoms with E-state index in [1.807, 2.05) is 60.7 Å². The van der Waals surface area contributed by atoms with Crippen LogP contribution in [-0.4, -0.2) is 29.4 Å². The van der Waals surface area contributed by atoms with E-state index in [0.29, 0.717) is 16.5 Å². The Kier molecular flexibility index (Phi) is 6.82. The van der Waals surface area contributed by atoms with Crippen LogP contribution in [0.5, 0.6) is 5.75 Å². The highest BCUT2D eigenvalue weighted by Gasteiger charge is 2.19. The SMILES string of the molecule is O=C(O)C(CCOc1ccc(Cl)cc1)N=C(c1ccccc1)c1ccccc1. The Morgan fingerprint density at radius 2 is 1.43 bits per heavy atom. The first-order valence-corrected chi connectivity index (χ1v) is 9.31. The normalized spacial score (nSPS) is 11.5. The molecular formula is C23H20ClNO3. The molecule has 0 aliphatic heterocycles. The van der Waals surface area contributed by atoms with Crippen molar-refractivity contribution in [2.45, 2.75) is 12.5 Å². The van der Waals surface area contributed by atoms with E-state index in [2.05, 4.69) is 4.99 Å². The topological polar surface area (TPSA) is 58.9 Å². The average molecular weight is 394 g/mol. The van der Waals surface area contributed by atoms with E-state index in [-0.39, 0.29) is 13.0 Å². The monoisotopic (exact) mass is 393 g/mol. The fourth-order valence-corrected chi connectivity index (χ4v) is 2.85. The number of aliphatic carboxylic acids is 1. The van der Waals surface area contributed by atoms with Crippen LogP contribution in [0.1, 0.15) is 17.5 Å². The van der Waals surface area contributed by atoms with E-state index >= 15 is 0 Å². The molecule has 0 aliphatic rings. The zero-order valence-electron chi connectivity index (χ0n) is 15.2. The highest BCUT2D eigenvalue weighted by Crippen LogP contribution is 2.17. The molecule has 3 aromatic rings. The summed E-state index contributed by atoms with van der Waals surface area (Å²) in [7, 11) is 0. The van der Waals surface area contributed by atoms with Gasteiger partial charge in [-0.15, -0.1) is 0 Å². The third kappa shape index (κ3) is 5.44. The molecule has 3 aromatic carbocycles. The van der Waals surface area contributed by atoms with Crippen molar-refractivity contribution < 1.29 is 14.6 Å². The van der Waals surface area contributed by atoms with Gasteiger partial charge in [0.1, 0.15) is 5.75 Å². The molecule has 0 heterocycles. The van der Waals surface area contributed by atoms with E-state index in [1.54, 1.807) is 24.3 Å². The van der Waals surface area contributed by atoms with Gasteiger partial charge in [0, 0.05) is 22.6 Å². The van der Waals surface area contributed by atoms with Gasteiger partial charge in [0.15, 0.2) is 6.04 Å². The molecule has 0 amide bonds. The minimum atomic E-state index is -0.982. The van der Waals surface area contributed by atoms with Gasteiger partial charge in [-0.3, -0.25) is 4.99 Å². The van der Waals surface area contributed by atoms with Crippen molar-refractivity contribution in [2.24, 2.45) is 4.99 Å². The summed E-state index contributed by atoms with van der Waals surface area (Å²) < 4.78 is 5.64. The number of ether oxygens (including phenoxy) is 1. The molecule has 0 bridgehead atoms. The lowest BCUT2D eigenvalue weighted by Gasteiger charge is -2.13. The maximum absolute atomic E-state index is 11.8. The molecule has 0 fully saturated rings. The van der Waals surface area contributed by atoms with Crippen molar-refractivity contribution in [1.82, 2.24) is 0 Å². The predicted octanol–water partition coefficient (Wildman–Crippen LogP) is 5.10. The van der Waals surface area contributed by atoms with Crippen molar-refractivity contribution in [3.63, 3.8) is 0 Å². The number of hydrogen-bond donors (Lipinski definition) is 1. The van der Waals surface area contributed by atoms with Crippen molar-refractivity contribution in [3.05, 3.63) is 101 Å². The first-order valence-electron chi connectivity index (χ1n) is 8.93. The van der Waals surface area contributed by atoms with Gasteiger partial charge in [-0.05, 0) is 24.3 Å². The van der Waals surface area contributed by atoms with Gasteiger partial charge in [-0.2, -0.15) is 0 Å². The van der Waals surface area contributed by atoms with Gasteiger partial charge < -0.3 is 9.84 Å². The molecule has 1 unspecified atom stereocenters. The molecule has 0 radical (unpaired) electrons. The summed E-state index contributed by atoms with van der Waals surface area (Å²) in [6.07, 6.45) is 0.251. The lowest BCUT2D eigenvalue weighted by atomic mass is 10.0. The molecule has 0 aliphatic carbocycles. The maximum atomic E-state index is 11.8. The van der Waals surface area contributed by atoms with Crippen molar-refractivity contribution >= 4 is 23.3 Å². The van der Waals surface area contributed by atoms with Crippen molar-refractivity contribution in [2.75, 3.05) is 6.61 Å². The predicted molar refractivity (Wildman–Crippen MR) is 112 cm³/mol. The molecule has 0 saturated carbocycles. The van der Waals surface area contributed by atoms with Crippen molar-refractivity contribution in [1.29, 1.82) is 0 Å². The van der Waals surface area contributed by atoms with Gasteiger partial charge in [0.25, 0.3) is 0 Å². The zero-order valence-corrected chi connectivity index (χ0v) is 15.9. The quantitative estimate of drug-likeness (QED) is 0.541. The first-order chi connectivity index (χ1) is 13.6. The average Bonchev–Trinajstić information content (AvgIpc) is 2.73. The second-order valence-corrected chi connectivity index (χ2v) is 6.59. The lowest BCUT2D eigenvalue weighted by molar-refractivity contribution is -0.138. The number of aliphatic imine (C=N–C) groups is 1. The van der Waals surface area contributed by atoms with E-state index in [4.69, 9.17) is 16.3 Å². The Balaban J connectivity index is 1.80. The summed E-state index contributed by atoms with van der Waals surface area (Å²) in [5, 5.41) is 10.3. The molecule has 0 saturated heterocycles. The van der Waals surface area contributed by atoms with Crippen LogP contribution in [0.15, 0.2) is 89.9 Å². The van der Waals surface area contributed by atoms with Gasteiger partial charge in [-0.1, -0.05) is 72.3 Å². The summed E-state index contributed by atoms with van der Waals surface area (Å²) in [5.74, 6) is -0.340. The Morgan fingerprint density at radius 3 is 1.93 bits per heavy atom. The molecule has 28 heavy (non-hydrogen) atoms. The van der Waals surface area contributed by atoms with Crippen LogP contribution in [0.2, 0.25) is 5.02 Å². The molecule has 1 atom stereocenters. The molecule has 142 valence electrons. The highest BCUT2D eigenvalue weighted by atomic mass is 35.5. The second kappa shape index (κ2) is 9.72. The van der Waals surface area contributed by atoms with Gasteiger partial charge in [0.05, 0.1) is 12.3 Å². The van der Waals surface area contributed by atoms with Crippen LogP contribution in [0.25, 0.3) is 0 Å².